The summed E-state index contributed by atoms with van der Waals surface area (Å²) in [5, 5.41) is 3.60. The Bertz CT molecular complexity index is 377. The lowest BCUT2D eigenvalue weighted by atomic mass is 9.93. The van der Waals surface area contributed by atoms with Crippen LogP contribution in [0, 0.1) is 18.3 Å². The number of hydrogen-bond donors (Lipinski definition) is 1. The molecule has 0 aliphatic heterocycles. The number of hydrogen-bond acceptors (Lipinski definition) is 1. The fourth-order valence-electron chi connectivity index (χ4n) is 2.88. The van der Waals surface area contributed by atoms with E-state index in [1.54, 1.807) is 0 Å². The van der Waals surface area contributed by atoms with Gasteiger partial charge in [0.25, 0.3) is 0 Å². The first-order valence-electron chi connectivity index (χ1n) is 6.58. The summed E-state index contributed by atoms with van der Waals surface area (Å²) in [6.07, 6.45) is 9.77. The van der Waals surface area contributed by atoms with Gasteiger partial charge in [0.05, 0.1) is 0 Å². The Morgan fingerprint density at radius 2 is 2.00 bits per heavy atom. The van der Waals surface area contributed by atoms with Crippen LogP contribution in [0.25, 0.3) is 0 Å². The second-order valence-corrected chi connectivity index (χ2v) is 4.84. The van der Waals surface area contributed by atoms with Crippen molar-refractivity contribution in [3.63, 3.8) is 0 Å². The molecule has 1 unspecified atom stereocenters. The summed E-state index contributed by atoms with van der Waals surface area (Å²) in [5.41, 5.74) is 3.06. The predicted octanol–water partition coefficient (Wildman–Crippen LogP) is 2.79. The average molecular weight is 227 g/mol. The van der Waals surface area contributed by atoms with Gasteiger partial charge in [-0.05, 0) is 42.9 Å². The van der Waals surface area contributed by atoms with E-state index in [9.17, 15) is 0 Å². The van der Waals surface area contributed by atoms with Crippen LogP contribution >= 0.6 is 0 Å². The maximum Gasteiger partial charge on any atom is 0.0111 e. The average Bonchev–Trinajstić information content (AvgIpc) is 2.78. The van der Waals surface area contributed by atoms with E-state index in [1.165, 1.54) is 24.0 Å². The number of nitrogens with one attached hydrogen (secondary N) is 1. The number of fused-ring (bicyclic) bond motifs is 1. The van der Waals surface area contributed by atoms with Gasteiger partial charge in [-0.15, -0.1) is 12.3 Å². The molecule has 1 N–H and O–H groups in total. The third-order valence-electron chi connectivity index (χ3n) is 3.72. The molecule has 1 heteroatoms. The summed E-state index contributed by atoms with van der Waals surface area (Å²) in [4.78, 5) is 0. The molecule has 0 amide bonds. The summed E-state index contributed by atoms with van der Waals surface area (Å²) in [7, 11) is 0. The van der Waals surface area contributed by atoms with Gasteiger partial charge in [-0.2, -0.15) is 0 Å². The molecule has 90 valence electrons. The van der Waals surface area contributed by atoms with Crippen LogP contribution in [-0.2, 0) is 12.8 Å². The number of benzene rings is 1. The second-order valence-electron chi connectivity index (χ2n) is 4.84. The summed E-state index contributed by atoms with van der Waals surface area (Å²) in [5.74, 6) is 3.48. The molecule has 0 fully saturated rings. The van der Waals surface area contributed by atoms with Gasteiger partial charge in [0.2, 0.25) is 0 Å². The van der Waals surface area contributed by atoms with Crippen LogP contribution < -0.4 is 5.32 Å². The zero-order valence-electron chi connectivity index (χ0n) is 10.6. The maximum absolute atomic E-state index is 5.38. The Kier molecular flexibility index (Phi) is 4.23. The largest absolute Gasteiger partial charge is 0.314 e. The van der Waals surface area contributed by atoms with Crippen LogP contribution in [0.15, 0.2) is 24.3 Å². The smallest absolute Gasteiger partial charge is 0.0111 e. The van der Waals surface area contributed by atoms with Crippen molar-refractivity contribution in [2.24, 2.45) is 5.92 Å². The molecule has 0 radical (unpaired) electrons. The molecule has 1 aromatic rings. The normalized spacial score (nSPS) is 16.5. The lowest BCUT2D eigenvalue weighted by molar-refractivity contribution is 0.354. The Labute approximate surface area is 105 Å². The molecule has 1 aromatic carbocycles. The molecule has 0 heterocycles. The van der Waals surface area contributed by atoms with Crippen LogP contribution in [0.5, 0.6) is 0 Å². The van der Waals surface area contributed by atoms with Crippen molar-refractivity contribution in [3.8, 4) is 12.3 Å². The molecule has 0 saturated heterocycles. The lowest BCUT2D eigenvalue weighted by Crippen LogP contribution is -2.36. The maximum atomic E-state index is 5.38. The molecule has 17 heavy (non-hydrogen) atoms. The number of rotatable bonds is 5. The molecule has 1 aliphatic rings. The minimum absolute atomic E-state index is 0.573. The SMILES string of the molecule is C#CCCC(NCC)C1Cc2ccccc2C1. The van der Waals surface area contributed by atoms with Crippen LogP contribution in [0.1, 0.15) is 30.9 Å². The molecule has 0 saturated carbocycles. The van der Waals surface area contributed by atoms with Gasteiger partial charge >= 0.3 is 0 Å². The standard InChI is InChI=1S/C16H21N/c1-3-5-10-16(17-4-2)15-11-13-8-6-7-9-14(13)12-15/h1,6-9,15-17H,4-5,10-12H2,2H3. The monoisotopic (exact) mass is 227 g/mol. The summed E-state index contributed by atoms with van der Waals surface area (Å²) in [6, 6.07) is 9.39. The zero-order chi connectivity index (χ0) is 12.1. The summed E-state index contributed by atoms with van der Waals surface area (Å²) >= 11 is 0. The first-order chi connectivity index (χ1) is 8.35. The zero-order valence-corrected chi connectivity index (χ0v) is 10.6. The van der Waals surface area contributed by atoms with Gasteiger partial charge in [0.1, 0.15) is 0 Å². The molecule has 1 aliphatic carbocycles. The highest BCUT2D eigenvalue weighted by Crippen LogP contribution is 2.29. The lowest BCUT2D eigenvalue weighted by Gasteiger charge is -2.23. The van der Waals surface area contributed by atoms with Crippen LogP contribution in [0.2, 0.25) is 0 Å². The first kappa shape index (κ1) is 12.2. The van der Waals surface area contributed by atoms with Crippen LogP contribution in [-0.4, -0.2) is 12.6 Å². The van der Waals surface area contributed by atoms with E-state index < -0.39 is 0 Å². The summed E-state index contributed by atoms with van der Waals surface area (Å²) < 4.78 is 0. The second kappa shape index (κ2) is 5.89. The van der Waals surface area contributed by atoms with Crippen molar-refractivity contribution in [2.45, 2.75) is 38.6 Å². The van der Waals surface area contributed by atoms with Crippen LogP contribution in [0.3, 0.4) is 0 Å². The Morgan fingerprint density at radius 3 is 2.53 bits per heavy atom. The fraction of sp³-hybridized carbons (Fsp3) is 0.500. The van der Waals surface area contributed by atoms with Crippen LogP contribution in [0.4, 0.5) is 0 Å². The van der Waals surface area contributed by atoms with Crippen molar-refractivity contribution >= 4 is 0 Å². The minimum Gasteiger partial charge on any atom is -0.314 e. The van der Waals surface area contributed by atoms with Gasteiger partial charge in [-0.25, -0.2) is 0 Å². The van der Waals surface area contributed by atoms with Crippen molar-refractivity contribution in [2.75, 3.05) is 6.54 Å². The highest BCUT2D eigenvalue weighted by atomic mass is 14.9. The molecule has 2 rings (SSSR count). The molecule has 1 nitrogen and oxygen atoms in total. The highest BCUT2D eigenvalue weighted by molar-refractivity contribution is 5.32. The third kappa shape index (κ3) is 2.90. The van der Waals surface area contributed by atoms with Gasteiger partial charge in [0, 0.05) is 12.5 Å². The molecule has 0 aromatic heterocycles. The summed E-state index contributed by atoms with van der Waals surface area (Å²) in [6.45, 7) is 3.20. The van der Waals surface area contributed by atoms with Crippen molar-refractivity contribution in [1.29, 1.82) is 0 Å². The van der Waals surface area contributed by atoms with E-state index in [1.807, 2.05) is 0 Å². The fourth-order valence-corrected chi connectivity index (χ4v) is 2.88. The van der Waals surface area contributed by atoms with E-state index in [0.29, 0.717) is 6.04 Å². The predicted molar refractivity (Wildman–Crippen MR) is 72.9 cm³/mol. The van der Waals surface area contributed by atoms with Crippen molar-refractivity contribution in [1.82, 2.24) is 5.32 Å². The van der Waals surface area contributed by atoms with Gasteiger partial charge in [-0.3, -0.25) is 0 Å². The van der Waals surface area contributed by atoms with Gasteiger partial charge in [0.15, 0.2) is 0 Å². The van der Waals surface area contributed by atoms with Gasteiger partial charge < -0.3 is 5.32 Å². The molecule has 0 bridgehead atoms. The highest BCUT2D eigenvalue weighted by Gasteiger charge is 2.27. The van der Waals surface area contributed by atoms with E-state index in [0.717, 1.165) is 25.3 Å². The van der Waals surface area contributed by atoms with Crippen molar-refractivity contribution < 1.29 is 0 Å². The molecular weight excluding hydrogens is 206 g/mol. The molecule has 0 spiro atoms. The Morgan fingerprint density at radius 1 is 1.35 bits per heavy atom. The first-order valence-corrected chi connectivity index (χ1v) is 6.58. The topological polar surface area (TPSA) is 12.0 Å². The minimum atomic E-state index is 0.573. The van der Waals surface area contributed by atoms with Gasteiger partial charge in [-0.1, -0.05) is 31.2 Å². The van der Waals surface area contributed by atoms with E-state index in [4.69, 9.17) is 6.42 Å². The Balaban J connectivity index is 2.01. The number of terminal acetylenes is 1. The van der Waals surface area contributed by atoms with E-state index >= 15 is 0 Å². The quantitative estimate of drug-likeness (QED) is 0.763. The molecule has 1 atom stereocenters. The van der Waals surface area contributed by atoms with E-state index in [2.05, 4.69) is 42.4 Å². The van der Waals surface area contributed by atoms with Crippen molar-refractivity contribution in [3.05, 3.63) is 35.4 Å². The third-order valence-corrected chi connectivity index (χ3v) is 3.72. The Hall–Kier alpha value is -1.26. The molecular formula is C16H21N. The van der Waals surface area contributed by atoms with E-state index in [-0.39, 0.29) is 0 Å².